The van der Waals surface area contributed by atoms with Crippen molar-refractivity contribution < 1.29 is 9.53 Å². The lowest BCUT2D eigenvalue weighted by molar-refractivity contribution is -0.133. The molecular weight excluding hydrogens is 306 g/mol. The first-order valence-corrected chi connectivity index (χ1v) is 7.68. The number of hydrogen-bond donors (Lipinski definition) is 0. The molecule has 1 fully saturated rings. The van der Waals surface area contributed by atoms with E-state index in [1.807, 2.05) is 36.1 Å². The smallest absolute Gasteiger partial charge is 0.222 e. The van der Waals surface area contributed by atoms with Crippen molar-refractivity contribution in [2.75, 3.05) is 13.1 Å². The van der Waals surface area contributed by atoms with Crippen molar-refractivity contribution in [2.24, 2.45) is 0 Å². The first kappa shape index (κ1) is 14.4. The van der Waals surface area contributed by atoms with Crippen LogP contribution in [0.15, 0.2) is 28.7 Å². The topological polar surface area (TPSA) is 29.5 Å². The summed E-state index contributed by atoms with van der Waals surface area (Å²) in [6.07, 6.45) is 3.72. The second kappa shape index (κ2) is 6.94. The highest BCUT2D eigenvalue weighted by Gasteiger charge is 2.24. The molecule has 0 radical (unpaired) electrons. The van der Waals surface area contributed by atoms with Gasteiger partial charge in [0.2, 0.25) is 5.91 Å². The molecule has 2 rings (SSSR count). The molecule has 0 bridgehead atoms. The van der Waals surface area contributed by atoms with Crippen molar-refractivity contribution in [2.45, 2.75) is 38.7 Å². The first-order chi connectivity index (χ1) is 9.19. The Morgan fingerprint density at radius 3 is 2.84 bits per heavy atom. The number of hydrogen-bond acceptors (Lipinski definition) is 2. The molecule has 1 atom stereocenters. The number of carbonyl (C=O) groups excluding carboxylic acids is 1. The number of benzene rings is 1. The minimum Gasteiger partial charge on any atom is -0.489 e. The van der Waals surface area contributed by atoms with Crippen LogP contribution in [-0.2, 0) is 4.79 Å². The molecule has 1 heterocycles. The Hall–Kier alpha value is -1.03. The Morgan fingerprint density at radius 1 is 1.42 bits per heavy atom. The number of ether oxygens (including phenoxy) is 1. The molecule has 1 saturated heterocycles. The van der Waals surface area contributed by atoms with E-state index in [9.17, 15) is 4.79 Å². The average molecular weight is 326 g/mol. The predicted molar refractivity (Wildman–Crippen MR) is 79.3 cm³/mol. The van der Waals surface area contributed by atoms with Gasteiger partial charge in [0.1, 0.15) is 11.9 Å². The predicted octanol–water partition coefficient (Wildman–Crippen LogP) is 3.62. The standard InChI is InChI=1S/C15H20BrNO2/c1-2-4-15(18)17-10-3-5-14(11-17)19-13-8-6-12(16)7-9-13/h6-9,14H,2-5,10-11H2,1H3. The zero-order valence-electron chi connectivity index (χ0n) is 11.3. The summed E-state index contributed by atoms with van der Waals surface area (Å²) in [6.45, 7) is 3.63. The molecule has 0 aliphatic carbocycles. The van der Waals surface area contributed by atoms with E-state index < -0.39 is 0 Å². The van der Waals surface area contributed by atoms with Gasteiger partial charge in [-0.2, -0.15) is 0 Å². The summed E-state index contributed by atoms with van der Waals surface area (Å²) < 4.78 is 7.00. The lowest BCUT2D eigenvalue weighted by Gasteiger charge is -2.33. The van der Waals surface area contributed by atoms with Crippen LogP contribution in [0.4, 0.5) is 0 Å². The van der Waals surface area contributed by atoms with Gasteiger partial charge in [-0.15, -0.1) is 0 Å². The second-order valence-electron chi connectivity index (χ2n) is 4.93. The summed E-state index contributed by atoms with van der Waals surface area (Å²) in [5, 5.41) is 0. The summed E-state index contributed by atoms with van der Waals surface area (Å²) in [5.41, 5.74) is 0. The molecule has 1 aliphatic rings. The molecule has 0 N–H and O–H groups in total. The first-order valence-electron chi connectivity index (χ1n) is 6.89. The van der Waals surface area contributed by atoms with Crippen LogP contribution in [0.3, 0.4) is 0 Å². The summed E-state index contributed by atoms with van der Waals surface area (Å²) in [6, 6.07) is 7.85. The Labute approximate surface area is 123 Å². The van der Waals surface area contributed by atoms with E-state index in [0.717, 1.165) is 42.6 Å². The van der Waals surface area contributed by atoms with Gasteiger partial charge in [-0.05, 0) is 43.5 Å². The molecule has 0 spiro atoms. The SMILES string of the molecule is CCCC(=O)N1CCCC(Oc2ccc(Br)cc2)C1. The van der Waals surface area contributed by atoms with Crippen LogP contribution >= 0.6 is 15.9 Å². The molecule has 1 unspecified atom stereocenters. The highest BCUT2D eigenvalue weighted by molar-refractivity contribution is 9.10. The fourth-order valence-corrected chi connectivity index (χ4v) is 2.60. The van der Waals surface area contributed by atoms with E-state index >= 15 is 0 Å². The third-order valence-corrected chi connectivity index (χ3v) is 3.84. The van der Waals surface area contributed by atoms with Gasteiger partial charge in [0.15, 0.2) is 0 Å². The summed E-state index contributed by atoms with van der Waals surface area (Å²) in [4.78, 5) is 13.8. The number of rotatable bonds is 4. The molecule has 3 nitrogen and oxygen atoms in total. The highest BCUT2D eigenvalue weighted by Crippen LogP contribution is 2.21. The van der Waals surface area contributed by atoms with Crippen LogP contribution in [0.1, 0.15) is 32.6 Å². The van der Waals surface area contributed by atoms with Crippen LogP contribution in [0.5, 0.6) is 5.75 Å². The van der Waals surface area contributed by atoms with Gasteiger partial charge < -0.3 is 9.64 Å². The minimum absolute atomic E-state index is 0.121. The zero-order chi connectivity index (χ0) is 13.7. The summed E-state index contributed by atoms with van der Waals surface area (Å²) >= 11 is 3.41. The molecule has 104 valence electrons. The minimum atomic E-state index is 0.121. The molecule has 1 amide bonds. The van der Waals surface area contributed by atoms with Gasteiger partial charge in [0.05, 0.1) is 6.54 Å². The highest BCUT2D eigenvalue weighted by atomic mass is 79.9. The second-order valence-corrected chi connectivity index (χ2v) is 5.84. The van der Waals surface area contributed by atoms with Gasteiger partial charge in [-0.1, -0.05) is 22.9 Å². The van der Waals surface area contributed by atoms with E-state index in [4.69, 9.17) is 4.74 Å². The van der Waals surface area contributed by atoms with Gasteiger partial charge in [0.25, 0.3) is 0 Å². The van der Waals surface area contributed by atoms with Gasteiger partial charge in [0, 0.05) is 17.4 Å². The molecule has 1 aromatic rings. The maximum absolute atomic E-state index is 11.9. The molecule has 4 heteroatoms. The van der Waals surface area contributed by atoms with Gasteiger partial charge in [-0.25, -0.2) is 0 Å². The number of amides is 1. The molecular formula is C15H20BrNO2. The molecule has 1 aliphatic heterocycles. The molecule has 0 saturated carbocycles. The summed E-state index contributed by atoms with van der Waals surface area (Å²) in [7, 11) is 0. The van der Waals surface area contributed by atoms with Crippen LogP contribution in [-0.4, -0.2) is 30.0 Å². The van der Waals surface area contributed by atoms with Crippen molar-refractivity contribution >= 4 is 21.8 Å². The average Bonchev–Trinajstić information content (AvgIpc) is 2.42. The van der Waals surface area contributed by atoms with Crippen LogP contribution in [0, 0.1) is 0 Å². The quantitative estimate of drug-likeness (QED) is 0.846. The zero-order valence-corrected chi connectivity index (χ0v) is 12.9. The number of likely N-dealkylation sites (tertiary alicyclic amines) is 1. The Bertz CT molecular complexity index is 419. The lowest BCUT2D eigenvalue weighted by Crippen LogP contribution is -2.44. The Balaban J connectivity index is 1.90. The Kier molecular flexibility index (Phi) is 5.25. The van der Waals surface area contributed by atoms with E-state index in [2.05, 4.69) is 15.9 Å². The van der Waals surface area contributed by atoms with Gasteiger partial charge >= 0.3 is 0 Å². The van der Waals surface area contributed by atoms with E-state index in [1.54, 1.807) is 0 Å². The van der Waals surface area contributed by atoms with Crippen LogP contribution < -0.4 is 4.74 Å². The molecule has 19 heavy (non-hydrogen) atoms. The van der Waals surface area contributed by atoms with E-state index in [1.165, 1.54) is 0 Å². The van der Waals surface area contributed by atoms with E-state index in [0.29, 0.717) is 6.42 Å². The van der Waals surface area contributed by atoms with Crippen molar-refractivity contribution in [3.8, 4) is 5.75 Å². The third kappa shape index (κ3) is 4.23. The van der Waals surface area contributed by atoms with E-state index in [-0.39, 0.29) is 12.0 Å². The molecule has 0 aromatic heterocycles. The number of nitrogens with zero attached hydrogens (tertiary/aromatic N) is 1. The maximum atomic E-state index is 11.9. The van der Waals surface area contributed by atoms with Crippen molar-refractivity contribution in [1.29, 1.82) is 0 Å². The number of carbonyl (C=O) groups is 1. The van der Waals surface area contributed by atoms with Crippen molar-refractivity contribution in [3.05, 3.63) is 28.7 Å². The van der Waals surface area contributed by atoms with Crippen molar-refractivity contribution in [3.63, 3.8) is 0 Å². The fourth-order valence-electron chi connectivity index (χ4n) is 2.34. The number of piperidine rings is 1. The van der Waals surface area contributed by atoms with Crippen molar-refractivity contribution in [1.82, 2.24) is 4.90 Å². The normalized spacial score (nSPS) is 19.3. The monoisotopic (exact) mass is 325 g/mol. The van der Waals surface area contributed by atoms with Crippen LogP contribution in [0.25, 0.3) is 0 Å². The van der Waals surface area contributed by atoms with Gasteiger partial charge in [-0.3, -0.25) is 4.79 Å². The van der Waals surface area contributed by atoms with Crippen LogP contribution in [0.2, 0.25) is 0 Å². The fraction of sp³-hybridized carbons (Fsp3) is 0.533. The number of halogens is 1. The summed E-state index contributed by atoms with van der Waals surface area (Å²) in [5.74, 6) is 1.13. The third-order valence-electron chi connectivity index (χ3n) is 3.31. The maximum Gasteiger partial charge on any atom is 0.222 e. The Morgan fingerprint density at radius 2 is 2.16 bits per heavy atom. The lowest BCUT2D eigenvalue weighted by atomic mass is 10.1. The molecule has 1 aromatic carbocycles. The largest absolute Gasteiger partial charge is 0.489 e.